The summed E-state index contributed by atoms with van der Waals surface area (Å²) in [5.74, 6) is 0. The minimum atomic E-state index is -0.538. The minimum Gasteiger partial charge on any atom is -0.305 e. The van der Waals surface area contributed by atoms with E-state index in [0.717, 1.165) is 16.7 Å². The maximum Gasteiger partial charge on any atom is 0.320 e. The number of rotatable bonds is 3. The van der Waals surface area contributed by atoms with Gasteiger partial charge in [0.05, 0.1) is 6.54 Å². The molecule has 3 aromatic rings. The van der Waals surface area contributed by atoms with Gasteiger partial charge in [0.15, 0.2) is 0 Å². The van der Waals surface area contributed by atoms with Crippen molar-refractivity contribution in [1.29, 1.82) is 0 Å². The average Bonchev–Trinajstić information content (AvgIpc) is 2.56. The zero-order valence-corrected chi connectivity index (χ0v) is 13.2. The zero-order chi connectivity index (χ0) is 16.4. The van der Waals surface area contributed by atoms with Gasteiger partial charge in [0.1, 0.15) is 0 Å². The summed E-state index contributed by atoms with van der Waals surface area (Å²) in [6, 6.07) is 15.3. The summed E-state index contributed by atoms with van der Waals surface area (Å²) < 4.78 is 2.84. The lowest BCUT2D eigenvalue weighted by molar-refractivity contribution is 0.715. The summed E-state index contributed by atoms with van der Waals surface area (Å²) in [5.41, 5.74) is 2.92. The van der Waals surface area contributed by atoms with Crippen molar-refractivity contribution in [3.8, 4) is 5.69 Å². The molecule has 2 aromatic carbocycles. The van der Waals surface area contributed by atoms with Crippen LogP contribution < -0.4 is 11.1 Å². The molecular formula is C19H18N2O2. The molecule has 0 spiro atoms. The van der Waals surface area contributed by atoms with Crippen LogP contribution in [0.5, 0.6) is 0 Å². The third kappa shape index (κ3) is 3.01. The van der Waals surface area contributed by atoms with Crippen LogP contribution in [0, 0.1) is 13.8 Å². The predicted octanol–water partition coefficient (Wildman–Crippen LogP) is 2.66. The Hall–Kier alpha value is -2.88. The van der Waals surface area contributed by atoms with Gasteiger partial charge in [0.25, 0.3) is 0 Å². The Kier molecular flexibility index (Phi) is 3.98. The molecule has 0 saturated carbocycles. The molecule has 0 aliphatic rings. The monoisotopic (exact) mass is 306 g/mol. The highest BCUT2D eigenvalue weighted by atomic mass is 16.2. The number of aromatic nitrogens is 2. The second-order valence-corrected chi connectivity index (χ2v) is 5.67. The Balaban J connectivity index is 2.03. The summed E-state index contributed by atoms with van der Waals surface area (Å²) in [6.45, 7) is 4.42. The van der Waals surface area contributed by atoms with Crippen LogP contribution in [0.4, 0.5) is 0 Å². The van der Waals surface area contributed by atoms with E-state index < -0.39 is 11.1 Å². The number of hydrogen-bond donors (Lipinski definition) is 0. The van der Waals surface area contributed by atoms with E-state index in [9.17, 15) is 9.59 Å². The van der Waals surface area contributed by atoms with Crippen LogP contribution in [-0.4, -0.2) is 9.13 Å². The molecule has 3 rings (SSSR count). The largest absolute Gasteiger partial charge is 0.320 e. The van der Waals surface area contributed by atoms with Crippen LogP contribution >= 0.6 is 0 Å². The molecular weight excluding hydrogens is 288 g/mol. The number of nitrogens with zero attached hydrogens (tertiary/aromatic N) is 2. The van der Waals surface area contributed by atoms with Crippen molar-refractivity contribution in [2.24, 2.45) is 0 Å². The van der Waals surface area contributed by atoms with Crippen molar-refractivity contribution in [3.05, 3.63) is 98.3 Å². The fraction of sp³-hybridized carbons (Fsp3) is 0.158. The molecule has 4 nitrogen and oxygen atoms in total. The van der Waals surface area contributed by atoms with Gasteiger partial charge in [-0.1, -0.05) is 42.0 Å². The lowest BCUT2D eigenvalue weighted by Crippen LogP contribution is -2.40. The Bertz CT molecular complexity index is 953. The molecule has 0 N–H and O–H groups in total. The SMILES string of the molecule is Cc1ccc(C)c(Cn2ccn(-c3ccccc3)c(=O)c2=O)c1. The molecule has 1 heterocycles. The van der Waals surface area contributed by atoms with Crippen LogP contribution in [0.15, 0.2) is 70.5 Å². The highest BCUT2D eigenvalue weighted by Crippen LogP contribution is 2.11. The van der Waals surface area contributed by atoms with Gasteiger partial charge in [-0.25, -0.2) is 0 Å². The van der Waals surface area contributed by atoms with Gasteiger partial charge < -0.3 is 4.57 Å². The van der Waals surface area contributed by atoms with E-state index in [1.54, 1.807) is 24.5 Å². The van der Waals surface area contributed by atoms with E-state index in [2.05, 4.69) is 0 Å². The first-order valence-corrected chi connectivity index (χ1v) is 7.50. The highest BCUT2D eigenvalue weighted by molar-refractivity contribution is 5.32. The summed E-state index contributed by atoms with van der Waals surface area (Å²) in [5, 5.41) is 0. The lowest BCUT2D eigenvalue weighted by atomic mass is 10.1. The number of para-hydroxylation sites is 1. The normalized spacial score (nSPS) is 10.7. The summed E-state index contributed by atoms with van der Waals surface area (Å²) in [4.78, 5) is 24.8. The molecule has 23 heavy (non-hydrogen) atoms. The van der Waals surface area contributed by atoms with Crippen molar-refractivity contribution in [1.82, 2.24) is 9.13 Å². The summed E-state index contributed by atoms with van der Waals surface area (Å²) in [7, 11) is 0. The van der Waals surface area contributed by atoms with Crippen molar-refractivity contribution in [3.63, 3.8) is 0 Å². The van der Waals surface area contributed by atoms with Crippen LogP contribution in [0.2, 0.25) is 0 Å². The lowest BCUT2D eigenvalue weighted by Gasteiger charge is -2.11. The summed E-state index contributed by atoms with van der Waals surface area (Å²) in [6.07, 6.45) is 3.31. The molecule has 116 valence electrons. The van der Waals surface area contributed by atoms with Crippen LogP contribution in [0.25, 0.3) is 5.69 Å². The summed E-state index contributed by atoms with van der Waals surface area (Å²) >= 11 is 0. The van der Waals surface area contributed by atoms with Gasteiger partial charge in [-0.3, -0.25) is 14.2 Å². The molecule has 0 aliphatic carbocycles. The fourth-order valence-corrected chi connectivity index (χ4v) is 2.58. The van der Waals surface area contributed by atoms with Gasteiger partial charge in [-0.2, -0.15) is 0 Å². The quantitative estimate of drug-likeness (QED) is 0.698. The molecule has 0 atom stereocenters. The Morgan fingerprint density at radius 3 is 2.35 bits per heavy atom. The molecule has 0 unspecified atom stereocenters. The first-order valence-electron chi connectivity index (χ1n) is 7.50. The van der Waals surface area contributed by atoms with Gasteiger partial charge in [-0.05, 0) is 37.1 Å². The van der Waals surface area contributed by atoms with Gasteiger partial charge in [0.2, 0.25) is 0 Å². The number of aryl methyl sites for hydroxylation is 2. The first-order chi connectivity index (χ1) is 11.1. The second kappa shape index (κ2) is 6.08. The minimum absolute atomic E-state index is 0.400. The van der Waals surface area contributed by atoms with Crippen LogP contribution in [0.3, 0.4) is 0 Å². The van der Waals surface area contributed by atoms with E-state index >= 15 is 0 Å². The predicted molar refractivity (Wildman–Crippen MR) is 91.3 cm³/mol. The van der Waals surface area contributed by atoms with Gasteiger partial charge in [-0.15, -0.1) is 0 Å². The van der Waals surface area contributed by atoms with Crippen molar-refractivity contribution in [2.75, 3.05) is 0 Å². The molecule has 4 heteroatoms. The molecule has 0 aliphatic heterocycles. The molecule has 1 aromatic heterocycles. The molecule has 0 amide bonds. The number of hydrogen-bond acceptors (Lipinski definition) is 2. The van der Waals surface area contributed by atoms with Crippen LogP contribution in [0.1, 0.15) is 16.7 Å². The van der Waals surface area contributed by atoms with E-state index in [4.69, 9.17) is 0 Å². The topological polar surface area (TPSA) is 44.0 Å². The maximum atomic E-state index is 12.4. The Morgan fingerprint density at radius 2 is 1.61 bits per heavy atom. The maximum absolute atomic E-state index is 12.4. The van der Waals surface area contributed by atoms with Crippen molar-refractivity contribution < 1.29 is 0 Å². The average molecular weight is 306 g/mol. The van der Waals surface area contributed by atoms with Crippen molar-refractivity contribution in [2.45, 2.75) is 20.4 Å². The molecule has 0 radical (unpaired) electrons. The third-order valence-electron chi connectivity index (χ3n) is 3.94. The van der Waals surface area contributed by atoms with E-state index in [-0.39, 0.29) is 0 Å². The molecule has 0 fully saturated rings. The molecule has 0 saturated heterocycles. The second-order valence-electron chi connectivity index (χ2n) is 5.67. The van der Waals surface area contributed by atoms with E-state index in [1.165, 1.54) is 9.13 Å². The van der Waals surface area contributed by atoms with E-state index in [0.29, 0.717) is 12.2 Å². The standard InChI is InChI=1S/C19H18N2O2/c1-14-8-9-15(2)16(12-14)13-20-10-11-21(19(23)18(20)22)17-6-4-3-5-7-17/h3-12H,13H2,1-2H3. The first kappa shape index (κ1) is 15.0. The van der Waals surface area contributed by atoms with Crippen molar-refractivity contribution >= 4 is 0 Å². The van der Waals surface area contributed by atoms with Gasteiger partial charge >= 0.3 is 11.1 Å². The zero-order valence-electron chi connectivity index (χ0n) is 13.2. The third-order valence-corrected chi connectivity index (χ3v) is 3.94. The molecule has 0 bridgehead atoms. The Labute approximate surface area is 134 Å². The number of benzene rings is 2. The Morgan fingerprint density at radius 1 is 0.870 bits per heavy atom. The van der Waals surface area contributed by atoms with Crippen LogP contribution in [-0.2, 0) is 6.54 Å². The van der Waals surface area contributed by atoms with Gasteiger partial charge in [0, 0.05) is 18.1 Å². The fourth-order valence-electron chi connectivity index (χ4n) is 2.58. The highest BCUT2D eigenvalue weighted by Gasteiger charge is 2.08. The van der Waals surface area contributed by atoms with E-state index in [1.807, 2.05) is 50.2 Å². The smallest absolute Gasteiger partial charge is 0.305 e.